The predicted octanol–water partition coefficient (Wildman–Crippen LogP) is 3.15. The molecule has 13 heavy (non-hydrogen) atoms. The average Bonchev–Trinajstić information content (AvgIpc) is 2.57. The number of rotatable bonds is 1. The Kier molecular flexibility index (Phi) is 2.36. The third-order valence-corrected chi connectivity index (χ3v) is 2.79. The van der Waals surface area contributed by atoms with E-state index in [-0.39, 0.29) is 0 Å². The molecule has 1 aromatic rings. The van der Waals surface area contributed by atoms with Gasteiger partial charge in [0.05, 0.1) is 6.10 Å². The predicted molar refractivity (Wildman–Crippen MR) is 53.8 cm³/mol. The average molecular weight is 176 g/mol. The van der Waals surface area contributed by atoms with Gasteiger partial charge in [-0.15, -0.1) is 0 Å². The van der Waals surface area contributed by atoms with Gasteiger partial charge in [0.2, 0.25) is 0 Å². The summed E-state index contributed by atoms with van der Waals surface area (Å²) in [6.07, 6.45) is 2.76. The first kappa shape index (κ1) is 8.76. The molecule has 0 bridgehead atoms. The highest BCUT2D eigenvalue weighted by molar-refractivity contribution is 5.35. The fraction of sp³-hybridized carbons (Fsp3) is 0.500. The molecular formula is C12H16O. The van der Waals surface area contributed by atoms with Crippen molar-refractivity contribution in [2.24, 2.45) is 0 Å². The molecule has 0 N–H and O–H groups in total. The molecule has 0 spiro atoms. The summed E-state index contributed by atoms with van der Waals surface area (Å²) in [5, 5.41) is 0. The molecule has 2 rings (SSSR count). The lowest BCUT2D eigenvalue weighted by atomic mass is 9.96. The van der Waals surface area contributed by atoms with Crippen molar-refractivity contribution >= 4 is 0 Å². The zero-order chi connectivity index (χ0) is 9.26. The van der Waals surface area contributed by atoms with Gasteiger partial charge in [-0.2, -0.15) is 0 Å². The summed E-state index contributed by atoms with van der Waals surface area (Å²) in [5.74, 6) is 0. The van der Waals surface area contributed by atoms with E-state index in [1.54, 1.807) is 0 Å². The Morgan fingerprint density at radius 3 is 2.46 bits per heavy atom. The number of benzene rings is 1. The summed E-state index contributed by atoms with van der Waals surface area (Å²) in [5.41, 5.74) is 4.15. The summed E-state index contributed by atoms with van der Waals surface area (Å²) >= 11 is 0. The Labute approximate surface area is 79.7 Å². The van der Waals surface area contributed by atoms with Crippen LogP contribution in [0.4, 0.5) is 0 Å². The number of ether oxygens (including phenoxy) is 1. The van der Waals surface area contributed by atoms with Crippen molar-refractivity contribution in [1.29, 1.82) is 0 Å². The van der Waals surface area contributed by atoms with Crippen LogP contribution in [0.5, 0.6) is 0 Å². The molecule has 0 aliphatic carbocycles. The van der Waals surface area contributed by atoms with E-state index in [1.807, 2.05) is 0 Å². The standard InChI is InChI=1S/C12H16O/c1-9-5-3-6-10(2)12(9)11-7-4-8-13-11/h3,5-6,11H,4,7-8H2,1-2H3. The van der Waals surface area contributed by atoms with Crippen LogP contribution in [-0.2, 0) is 4.74 Å². The molecule has 1 heteroatoms. The van der Waals surface area contributed by atoms with Crippen LogP contribution < -0.4 is 0 Å². The first-order valence-electron chi connectivity index (χ1n) is 4.97. The van der Waals surface area contributed by atoms with Crippen molar-refractivity contribution in [3.05, 3.63) is 34.9 Å². The molecule has 70 valence electrons. The van der Waals surface area contributed by atoms with Crippen molar-refractivity contribution in [2.75, 3.05) is 6.61 Å². The number of hydrogen-bond donors (Lipinski definition) is 0. The van der Waals surface area contributed by atoms with Gasteiger partial charge in [0, 0.05) is 6.61 Å². The van der Waals surface area contributed by atoms with Crippen LogP contribution in [0.15, 0.2) is 18.2 Å². The summed E-state index contributed by atoms with van der Waals surface area (Å²) in [6, 6.07) is 6.46. The van der Waals surface area contributed by atoms with Crippen LogP contribution in [0.25, 0.3) is 0 Å². The third kappa shape index (κ3) is 1.61. The van der Waals surface area contributed by atoms with E-state index >= 15 is 0 Å². The quantitative estimate of drug-likeness (QED) is 0.638. The molecule has 1 nitrogen and oxygen atoms in total. The molecule has 1 aromatic carbocycles. The summed E-state index contributed by atoms with van der Waals surface area (Å²) in [4.78, 5) is 0. The fourth-order valence-corrected chi connectivity index (χ4v) is 2.14. The Morgan fingerprint density at radius 2 is 1.92 bits per heavy atom. The van der Waals surface area contributed by atoms with E-state index in [0.717, 1.165) is 6.61 Å². The highest BCUT2D eigenvalue weighted by atomic mass is 16.5. The lowest BCUT2D eigenvalue weighted by molar-refractivity contribution is 0.111. The highest BCUT2D eigenvalue weighted by Gasteiger charge is 2.20. The molecule has 1 atom stereocenters. The molecule has 0 radical (unpaired) electrons. The van der Waals surface area contributed by atoms with E-state index in [9.17, 15) is 0 Å². The smallest absolute Gasteiger partial charge is 0.0830 e. The van der Waals surface area contributed by atoms with E-state index in [4.69, 9.17) is 4.74 Å². The second kappa shape index (κ2) is 3.51. The second-order valence-corrected chi connectivity index (χ2v) is 3.81. The monoisotopic (exact) mass is 176 g/mol. The highest BCUT2D eigenvalue weighted by Crippen LogP contribution is 2.32. The Morgan fingerprint density at radius 1 is 1.23 bits per heavy atom. The molecule has 0 aromatic heterocycles. The first-order valence-corrected chi connectivity index (χ1v) is 4.97. The van der Waals surface area contributed by atoms with Crippen LogP contribution in [0, 0.1) is 13.8 Å². The van der Waals surface area contributed by atoms with Gasteiger partial charge >= 0.3 is 0 Å². The van der Waals surface area contributed by atoms with Gasteiger partial charge < -0.3 is 4.74 Å². The van der Waals surface area contributed by atoms with Gasteiger partial charge in [0.1, 0.15) is 0 Å². The molecule has 1 unspecified atom stereocenters. The Bertz CT molecular complexity index is 278. The molecular weight excluding hydrogens is 160 g/mol. The van der Waals surface area contributed by atoms with Gasteiger partial charge in [-0.1, -0.05) is 18.2 Å². The minimum atomic E-state index is 0.362. The van der Waals surface area contributed by atoms with E-state index in [0.29, 0.717) is 6.10 Å². The topological polar surface area (TPSA) is 9.23 Å². The Balaban J connectivity index is 2.37. The molecule has 1 aliphatic heterocycles. The van der Waals surface area contributed by atoms with Crippen molar-refractivity contribution < 1.29 is 4.74 Å². The van der Waals surface area contributed by atoms with Crippen LogP contribution in [0.1, 0.15) is 35.6 Å². The third-order valence-electron chi connectivity index (χ3n) is 2.79. The molecule has 1 saturated heterocycles. The van der Waals surface area contributed by atoms with E-state index in [2.05, 4.69) is 32.0 Å². The van der Waals surface area contributed by atoms with Crippen LogP contribution in [-0.4, -0.2) is 6.61 Å². The van der Waals surface area contributed by atoms with Gasteiger partial charge in [-0.3, -0.25) is 0 Å². The maximum atomic E-state index is 5.70. The van der Waals surface area contributed by atoms with Crippen LogP contribution in [0.3, 0.4) is 0 Å². The molecule has 0 amide bonds. The van der Waals surface area contributed by atoms with Crippen molar-refractivity contribution in [3.8, 4) is 0 Å². The first-order chi connectivity index (χ1) is 6.29. The van der Waals surface area contributed by atoms with E-state index in [1.165, 1.54) is 29.5 Å². The minimum absolute atomic E-state index is 0.362. The molecule has 1 fully saturated rings. The normalized spacial score (nSPS) is 22.2. The van der Waals surface area contributed by atoms with Gasteiger partial charge in [-0.05, 0) is 43.4 Å². The second-order valence-electron chi connectivity index (χ2n) is 3.81. The zero-order valence-corrected chi connectivity index (χ0v) is 8.34. The maximum absolute atomic E-state index is 5.70. The summed E-state index contributed by atoms with van der Waals surface area (Å²) in [7, 11) is 0. The summed E-state index contributed by atoms with van der Waals surface area (Å²) < 4.78 is 5.70. The van der Waals surface area contributed by atoms with Crippen molar-refractivity contribution in [3.63, 3.8) is 0 Å². The van der Waals surface area contributed by atoms with Crippen molar-refractivity contribution in [2.45, 2.75) is 32.8 Å². The van der Waals surface area contributed by atoms with Crippen LogP contribution in [0.2, 0.25) is 0 Å². The lowest BCUT2D eigenvalue weighted by Gasteiger charge is -2.15. The number of aryl methyl sites for hydroxylation is 2. The largest absolute Gasteiger partial charge is 0.374 e. The number of hydrogen-bond acceptors (Lipinski definition) is 1. The Hall–Kier alpha value is -0.820. The lowest BCUT2D eigenvalue weighted by Crippen LogP contribution is -2.01. The molecule has 1 aliphatic rings. The minimum Gasteiger partial charge on any atom is -0.374 e. The molecule has 1 heterocycles. The zero-order valence-electron chi connectivity index (χ0n) is 8.34. The van der Waals surface area contributed by atoms with Gasteiger partial charge in [0.25, 0.3) is 0 Å². The van der Waals surface area contributed by atoms with Crippen molar-refractivity contribution in [1.82, 2.24) is 0 Å². The van der Waals surface area contributed by atoms with Gasteiger partial charge in [0.15, 0.2) is 0 Å². The fourth-order valence-electron chi connectivity index (χ4n) is 2.14. The van der Waals surface area contributed by atoms with E-state index < -0.39 is 0 Å². The van der Waals surface area contributed by atoms with Gasteiger partial charge in [-0.25, -0.2) is 0 Å². The summed E-state index contributed by atoms with van der Waals surface area (Å²) in [6.45, 7) is 5.27. The van der Waals surface area contributed by atoms with Crippen LogP contribution >= 0.6 is 0 Å². The molecule has 0 saturated carbocycles. The maximum Gasteiger partial charge on any atom is 0.0830 e. The SMILES string of the molecule is Cc1cccc(C)c1C1CCCO1.